The molecule has 0 spiro atoms. The van der Waals surface area contributed by atoms with Crippen molar-refractivity contribution in [2.24, 2.45) is 5.41 Å². The lowest BCUT2D eigenvalue weighted by Gasteiger charge is -2.13. The SMILES string of the molecule is CCC1(CNCCc2ccc(N)cc2)CC1. The van der Waals surface area contributed by atoms with E-state index in [9.17, 15) is 0 Å². The van der Waals surface area contributed by atoms with Crippen molar-refractivity contribution in [2.45, 2.75) is 32.6 Å². The molecule has 2 rings (SSSR count). The Balaban J connectivity index is 1.66. The summed E-state index contributed by atoms with van der Waals surface area (Å²) in [4.78, 5) is 0. The molecule has 16 heavy (non-hydrogen) atoms. The molecule has 0 aliphatic heterocycles. The second-order valence-electron chi connectivity index (χ2n) is 5.02. The Labute approximate surface area is 98.2 Å². The van der Waals surface area contributed by atoms with Crippen LogP contribution in [0.3, 0.4) is 0 Å². The number of nitrogen functional groups attached to an aromatic ring is 1. The van der Waals surface area contributed by atoms with Crippen LogP contribution in [0.2, 0.25) is 0 Å². The third-order valence-corrected chi connectivity index (χ3v) is 3.78. The van der Waals surface area contributed by atoms with Crippen LogP contribution in [0, 0.1) is 5.41 Å². The molecule has 2 nitrogen and oxygen atoms in total. The molecule has 1 saturated carbocycles. The Morgan fingerprint density at radius 1 is 1.25 bits per heavy atom. The first-order valence-electron chi connectivity index (χ1n) is 6.29. The van der Waals surface area contributed by atoms with Crippen LogP contribution in [-0.2, 0) is 6.42 Å². The number of nitrogens with two attached hydrogens (primary N) is 1. The second kappa shape index (κ2) is 4.88. The van der Waals surface area contributed by atoms with Crippen molar-refractivity contribution in [1.29, 1.82) is 0 Å². The van der Waals surface area contributed by atoms with Crippen molar-refractivity contribution in [3.05, 3.63) is 29.8 Å². The molecule has 0 unspecified atom stereocenters. The molecule has 0 radical (unpaired) electrons. The van der Waals surface area contributed by atoms with Crippen LogP contribution in [0.25, 0.3) is 0 Å². The van der Waals surface area contributed by atoms with Gasteiger partial charge in [-0.2, -0.15) is 0 Å². The standard InChI is InChI=1S/C14H22N2/c1-2-14(8-9-14)11-16-10-7-12-3-5-13(15)6-4-12/h3-6,16H,2,7-11,15H2,1H3. The molecule has 88 valence electrons. The predicted molar refractivity (Wildman–Crippen MR) is 69.4 cm³/mol. The number of anilines is 1. The molecule has 0 saturated heterocycles. The molecule has 1 aromatic carbocycles. The van der Waals surface area contributed by atoms with Gasteiger partial charge in [0.25, 0.3) is 0 Å². The first kappa shape index (κ1) is 11.5. The summed E-state index contributed by atoms with van der Waals surface area (Å²) in [5.74, 6) is 0. The Bertz CT molecular complexity index is 325. The van der Waals surface area contributed by atoms with Crippen molar-refractivity contribution in [3.8, 4) is 0 Å². The molecule has 0 aromatic heterocycles. The Morgan fingerprint density at radius 3 is 2.50 bits per heavy atom. The van der Waals surface area contributed by atoms with Crippen molar-refractivity contribution in [2.75, 3.05) is 18.8 Å². The third-order valence-electron chi connectivity index (χ3n) is 3.78. The van der Waals surface area contributed by atoms with Crippen LogP contribution in [0.15, 0.2) is 24.3 Å². The van der Waals surface area contributed by atoms with Crippen LogP contribution in [0.4, 0.5) is 5.69 Å². The van der Waals surface area contributed by atoms with Crippen LogP contribution >= 0.6 is 0 Å². The normalized spacial score (nSPS) is 17.3. The van der Waals surface area contributed by atoms with Gasteiger partial charge in [-0.05, 0) is 55.3 Å². The number of rotatable bonds is 6. The lowest BCUT2D eigenvalue weighted by molar-refractivity contribution is 0.446. The molecule has 1 fully saturated rings. The molecule has 0 heterocycles. The topological polar surface area (TPSA) is 38.0 Å². The minimum Gasteiger partial charge on any atom is -0.399 e. The van der Waals surface area contributed by atoms with Gasteiger partial charge in [0.1, 0.15) is 0 Å². The van der Waals surface area contributed by atoms with Crippen molar-refractivity contribution in [3.63, 3.8) is 0 Å². The molecule has 0 bridgehead atoms. The van der Waals surface area contributed by atoms with E-state index in [4.69, 9.17) is 5.73 Å². The molecule has 1 aliphatic rings. The van der Waals surface area contributed by atoms with E-state index in [1.807, 2.05) is 12.1 Å². The van der Waals surface area contributed by atoms with E-state index in [1.165, 1.54) is 31.4 Å². The molecular weight excluding hydrogens is 196 g/mol. The van der Waals surface area contributed by atoms with Gasteiger partial charge in [0.15, 0.2) is 0 Å². The largest absolute Gasteiger partial charge is 0.399 e. The van der Waals surface area contributed by atoms with E-state index >= 15 is 0 Å². The van der Waals surface area contributed by atoms with Gasteiger partial charge in [0.2, 0.25) is 0 Å². The van der Waals surface area contributed by atoms with Gasteiger partial charge >= 0.3 is 0 Å². The zero-order chi connectivity index (χ0) is 11.4. The maximum Gasteiger partial charge on any atom is 0.0314 e. The highest BCUT2D eigenvalue weighted by Crippen LogP contribution is 2.47. The average Bonchev–Trinajstić information content (AvgIpc) is 3.08. The first-order valence-corrected chi connectivity index (χ1v) is 6.29. The van der Waals surface area contributed by atoms with Gasteiger partial charge in [0, 0.05) is 12.2 Å². The van der Waals surface area contributed by atoms with Gasteiger partial charge in [-0.1, -0.05) is 19.1 Å². The molecule has 1 aromatic rings. The van der Waals surface area contributed by atoms with E-state index in [2.05, 4.69) is 24.4 Å². The zero-order valence-electron chi connectivity index (χ0n) is 10.1. The van der Waals surface area contributed by atoms with E-state index in [0.29, 0.717) is 5.41 Å². The number of hydrogen-bond acceptors (Lipinski definition) is 2. The molecule has 1 aliphatic carbocycles. The van der Waals surface area contributed by atoms with Crippen molar-refractivity contribution in [1.82, 2.24) is 5.32 Å². The van der Waals surface area contributed by atoms with Gasteiger partial charge in [-0.15, -0.1) is 0 Å². The van der Waals surface area contributed by atoms with Crippen LogP contribution in [0.1, 0.15) is 31.7 Å². The summed E-state index contributed by atoms with van der Waals surface area (Å²) in [7, 11) is 0. The lowest BCUT2D eigenvalue weighted by Crippen LogP contribution is -2.25. The number of hydrogen-bond donors (Lipinski definition) is 2. The monoisotopic (exact) mass is 218 g/mol. The average molecular weight is 218 g/mol. The highest BCUT2D eigenvalue weighted by Gasteiger charge is 2.39. The second-order valence-corrected chi connectivity index (χ2v) is 5.02. The maximum atomic E-state index is 5.65. The smallest absolute Gasteiger partial charge is 0.0314 e. The van der Waals surface area contributed by atoms with Crippen molar-refractivity contribution >= 4 is 5.69 Å². The summed E-state index contributed by atoms with van der Waals surface area (Å²) in [6.45, 7) is 4.57. The van der Waals surface area contributed by atoms with E-state index in [1.54, 1.807) is 0 Å². The van der Waals surface area contributed by atoms with Gasteiger partial charge in [-0.3, -0.25) is 0 Å². The fourth-order valence-electron chi connectivity index (χ4n) is 2.10. The number of benzene rings is 1. The van der Waals surface area contributed by atoms with Gasteiger partial charge < -0.3 is 11.1 Å². The number of nitrogens with one attached hydrogen (secondary N) is 1. The summed E-state index contributed by atoms with van der Waals surface area (Å²) in [5.41, 5.74) is 8.51. The third kappa shape index (κ3) is 2.99. The summed E-state index contributed by atoms with van der Waals surface area (Å²) < 4.78 is 0. The first-order chi connectivity index (χ1) is 7.74. The Hall–Kier alpha value is -1.02. The van der Waals surface area contributed by atoms with Gasteiger partial charge in [-0.25, -0.2) is 0 Å². The maximum absolute atomic E-state index is 5.65. The van der Waals surface area contributed by atoms with Crippen molar-refractivity contribution < 1.29 is 0 Å². The fourth-order valence-corrected chi connectivity index (χ4v) is 2.10. The van der Waals surface area contributed by atoms with Crippen LogP contribution in [0.5, 0.6) is 0 Å². The summed E-state index contributed by atoms with van der Waals surface area (Å²) in [6, 6.07) is 8.18. The molecule has 2 heteroatoms. The van der Waals surface area contributed by atoms with E-state index in [-0.39, 0.29) is 0 Å². The molecule has 0 amide bonds. The predicted octanol–water partition coefficient (Wildman–Crippen LogP) is 2.59. The highest BCUT2D eigenvalue weighted by atomic mass is 14.9. The minimum absolute atomic E-state index is 0.654. The fraction of sp³-hybridized carbons (Fsp3) is 0.571. The molecule has 3 N–H and O–H groups in total. The van der Waals surface area contributed by atoms with Crippen LogP contribution in [-0.4, -0.2) is 13.1 Å². The quantitative estimate of drug-likeness (QED) is 0.569. The Morgan fingerprint density at radius 2 is 1.94 bits per heavy atom. The minimum atomic E-state index is 0.654. The molecular formula is C14H22N2. The van der Waals surface area contributed by atoms with E-state index in [0.717, 1.165) is 18.7 Å². The molecule has 0 atom stereocenters. The van der Waals surface area contributed by atoms with Crippen LogP contribution < -0.4 is 11.1 Å². The highest BCUT2D eigenvalue weighted by molar-refractivity contribution is 5.39. The summed E-state index contributed by atoms with van der Waals surface area (Å²) in [6.07, 6.45) is 5.25. The summed E-state index contributed by atoms with van der Waals surface area (Å²) in [5, 5.41) is 3.57. The zero-order valence-corrected chi connectivity index (χ0v) is 10.1. The summed E-state index contributed by atoms with van der Waals surface area (Å²) >= 11 is 0. The Kier molecular flexibility index (Phi) is 3.49. The lowest BCUT2D eigenvalue weighted by atomic mass is 10.0. The van der Waals surface area contributed by atoms with E-state index < -0.39 is 0 Å². The van der Waals surface area contributed by atoms with Gasteiger partial charge in [0.05, 0.1) is 0 Å².